The number of allylic oxidation sites excluding steroid dienone is 1. The molecular formula is C12H21NO. The number of hydrogen-bond donors (Lipinski definition) is 0. The molecule has 0 saturated carbocycles. The number of rotatable bonds is 5. The molecule has 0 rings (SSSR count). The molecule has 2 nitrogen and oxygen atoms in total. The van der Waals surface area contributed by atoms with Gasteiger partial charge in [-0.2, -0.15) is 0 Å². The molecule has 0 aromatic rings. The topological polar surface area (TPSA) is 21.6 Å². The highest BCUT2D eigenvalue weighted by atomic mass is 16.5. The Labute approximate surface area is 87.7 Å². The second-order valence-corrected chi connectivity index (χ2v) is 2.13. The van der Waals surface area contributed by atoms with Gasteiger partial charge in [0.1, 0.15) is 0 Å². The molecule has 0 radical (unpaired) electrons. The molecule has 0 aliphatic heterocycles. The lowest BCUT2D eigenvalue weighted by Crippen LogP contribution is -1.93. The zero-order valence-electron chi connectivity index (χ0n) is 9.49. The molecule has 0 aromatic carbocycles. The number of aliphatic imine (C=N–C) groups is 1. The highest BCUT2D eigenvalue weighted by molar-refractivity contribution is 5.88. The Hall–Kier alpha value is -1.31. The molecule has 0 fully saturated rings. The minimum atomic E-state index is 0.522. The summed E-state index contributed by atoms with van der Waals surface area (Å²) in [5.41, 5.74) is 0. The molecule has 2 heteroatoms. The number of ether oxygens (including phenoxy) is 1. The third-order valence-electron chi connectivity index (χ3n) is 1.14. The van der Waals surface area contributed by atoms with Gasteiger partial charge in [-0.15, -0.1) is 0 Å². The van der Waals surface area contributed by atoms with E-state index in [1.165, 1.54) is 12.5 Å². The fraction of sp³-hybridized carbons (Fsp3) is 0.417. The van der Waals surface area contributed by atoms with Crippen molar-refractivity contribution in [3.05, 3.63) is 37.8 Å². The highest BCUT2D eigenvalue weighted by Crippen LogP contribution is 1.92. The second kappa shape index (κ2) is 14.2. The molecular weight excluding hydrogens is 174 g/mol. The van der Waals surface area contributed by atoms with Gasteiger partial charge >= 0.3 is 0 Å². The maximum absolute atomic E-state index is 4.98. The van der Waals surface area contributed by atoms with Crippen molar-refractivity contribution in [2.75, 3.05) is 0 Å². The predicted molar refractivity (Wildman–Crippen MR) is 64.3 cm³/mol. The monoisotopic (exact) mass is 195 g/mol. The van der Waals surface area contributed by atoms with Crippen LogP contribution in [0.2, 0.25) is 0 Å². The molecule has 0 unspecified atom stereocenters. The van der Waals surface area contributed by atoms with Crippen molar-refractivity contribution in [2.45, 2.75) is 33.6 Å². The Morgan fingerprint density at radius 1 is 1.36 bits per heavy atom. The SMILES string of the molecule is C=CN=C(/C=C/CCC)OC=C.CC. The zero-order valence-corrected chi connectivity index (χ0v) is 9.49. The minimum absolute atomic E-state index is 0.522. The quantitative estimate of drug-likeness (QED) is 0.368. The van der Waals surface area contributed by atoms with E-state index in [1.54, 1.807) is 0 Å². The van der Waals surface area contributed by atoms with E-state index in [9.17, 15) is 0 Å². The molecule has 0 aromatic heterocycles. The van der Waals surface area contributed by atoms with Gasteiger partial charge in [-0.25, -0.2) is 4.99 Å². The summed E-state index contributed by atoms with van der Waals surface area (Å²) in [6, 6.07) is 0. The van der Waals surface area contributed by atoms with Crippen molar-refractivity contribution in [2.24, 2.45) is 4.99 Å². The highest BCUT2D eigenvalue weighted by Gasteiger charge is 1.87. The van der Waals surface area contributed by atoms with Crippen LogP contribution in [0, 0.1) is 0 Å². The fourth-order valence-electron chi connectivity index (χ4n) is 0.639. The Balaban J connectivity index is 0. The van der Waals surface area contributed by atoms with Gasteiger partial charge in [-0.05, 0) is 12.5 Å². The summed E-state index contributed by atoms with van der Waals surface area (Å²) < 4.78 is 4.98. The summed E-state index contributed by atoms with van der Waals surface area (Å²) in [5, 5.41) is 0. The van der Waals surface area contributed by atoms with Crippen molar-refractivity contribution in [1.82, 2.24) is 0 Å². The molecule has 0 aliphatic rings. The first-order valence-corrected chi connectivity index (χ1v) is 4.98. The molecule has 0 spiro atoms. The van der Waals surface area contributed by atoms with Crippen LogP contribution in [0.15, 0.2) is 42.8 Å². The summed E-state index contributed by atoms with van der Waals surface area (Å²) in [4.78, 5) is 3.89. The number of hydrogen-bond acceptors (Lipinski definition) is 2. The van der Waals surface area contributed by atoms with Gasteiger partial charge in [0, 0.05) is 6.20 Å². The molecule has 0 bridgehead atoms. The van der Waals surface area contributed by atoms with E-state index < -0.39 is 0 Å². The lowest BCUT2D eigenvalue weighted by molar-refractivity contribution is 0.478. The van der Waals surface area contributed by atoms with E-state index in [2.05, 4.69) is 25.1 Å². The third-order valence-corrected chi connectivity index (χ3v) is 1.14. The molecule has 0 aliphatic carbocycles. The van der Waals surface area contributed by atoms with Crippen molar-refractivity contribution in [3.63, 3.8) is 0 Å². The van der Waals surface area contributed by atoms with Crippen LogP contribution in [-0.4, -0.2) is 5.90 Å². The van der Waals surface area contributed by atoms with Crippen LogP contribution >= 0.6 is 0 Å². The van der Waals surface area contributed by atoms with E-state index in [4.69, 9.17) is 4.74 Å². The van der Waals surface area contributed by atoms with Crippen LogP contribution in [-0.2, 0) is 4.74 Å². The zero-order chi connectivity index (χ0) is 11.2. The maximum Gasteiger partial charge on any atom is 0.217 e. The van der Waals surface area contributed by atoms with Crippen LogP contribution in [0.1, 0.15) is 33.6 Å². The largest absolute Gasteiger partial charge is 0.447 e. The van der Waals surface area contributed by atoms with Gasteiger partial charge in [0.05, 0.1) is 6.26 Å². The summed E-state index contributed by atoms with van der Waals surface area (Å²) in [6.45, 7) is 13.0. The summed E-state index contributed by atoms with van der Waals surface area (Å²) in [6.07, 6.45) is 8.75. The Bertz CT molecular complexity index is 192. The van der Waals surface area contributed by atoms with Gasteiger partial charge in [0.25, 0.3) is 0 Å². The number of unbranched alkanes of at least 4 members (excludes halogenated alkanes) is 1. The summed E-state index contributed by atoms with van der Waals surface area (Å²) in [7, 11) is 0. The first kappa shape index (κ1) is 15.2. The van der Waals surface area contributed by atoms with E-state index in [0.717, 1.165) is 12.8 Å². The summed E-state index contributed by atoms with van der Waals surface area (Å²) in [5.74, 6) is 0.522. The molecule has 0 amide bonds. The van der Waals surface area contributed by atoms with Crippen molar-refractivity contribution in [1.29, 1.82) is 0 Å². The summed E-state index contributed by atoms with van der Waals surface area (Å²) >= 11 is 0. The smallest absolute Gasteiger partial charge is 0.217 e. The van der Waals surface area contributed by atoms with Gasteiger partial charge in [-0.1, -0.05) is 46.4 Å². The first-order chi connectivity index (χ1) is 6.85. The van der Waals surface area contributed by atoms with E-state index in [-0.39, 0.29) is 0 Å². The van der Waals surface area contributed by atoms with Crippen molar-refractivity contribution < 1.29 is 4.74 Å². The van der Waals surface area contributed by atoms with Gasteiger partial charge in [0.2, 0.25) is 5.90 Å². The minimum Gasteiger partial charge on any atom is -0.447 e. The second-order valence-electron chi connectivity index (χ2n) is 2.13. The van der Waals surface area contributed by atoms with Crippen LogP contribution in [0.4, 0.5) is 0 Å². The van der Waals surface area contributed by atoms with E-state index >= 15 is 0 Å². The number of nitrogens with zero attached hydrogens (tertiary/aromatic N) is 1. The van der Waals surface area contributed by atoms with Crippen molar-refractivity contribution >= 4 is 5.90 Å². The lowest BCUT2D eigenvalue weighted by Gasteiger charge is -1.95. The molecule has 0 atom stereocenters. The molecule has 0 N–H and O–H groups in total. The van der Waals surface area contributed by atoms with E-state index in [1.807, 2.05) is 26.0 Å². The standard InChI is InChI=1S/C10H15NO.C2H6/c1-4-7-8-9-10(11-5-2)12-6-3;1-2/h5-6,8-9H,2-4,7H2,1H3;1-2H3/b9-8+,11-10?;. The van der Waals surface area contributed by atoms with Gasteiger partial charge in [0.15, 0.2) is 0 Å². The lowest BCUT2D eigenvalue weighted by atomic mass is 10.3. The van der Waals surface area contributed by atoms with Crippen LogP contribution in [0.3, 0.4) is 0 Å². The Kier molecular flexibility index (Phi) is 15.4. The predicted octanol–water partition coefficient (Wildman–Crippen LogP) is 4.07. The van der Waals surface area contributed by atoms with Crippen LogP contribution < -0.4 is 0 Å². The van der Waals surface area contributed by atoms with Gasteiger partial charge < -0.3 is 4.74 Å². The first-order valence-electron chi connectivity index (χ1n) is 4.98. The van der Waals surface area contributed by atoms with Gasteiger partial charge in [-0.3, -0.25) is 0 Å². The van der Waals surface area contributed by atoms with E-state index in [0.29, 0.717) is 5.90 Å². The Morgan fingerprint density at radius 3 is 2.43 bits per heavy atom. The maximum atomic E-state index is 4.98. The fourth-order valence-corrected chi connectivity index (χ4v) is 0.639. The molecule has 0 saturated heterocycles. The Morgan fingerprint density at radius 2 is 2.00 bits per heavy atom. The van der Waals surface area contributed by atoms with Crippen LogP contribution in [0.25, 0.3) is 0 Å². The molecule has 80 valence electrons. The average molecular weight is 195 g/mol. The molecule has 14 heavy (non-hydrogen) atoms. The normalized spacial score (nSPS) is 10.4. The third kappa shape index (κ3) is 10.7. The van der Waals surface area contributed by atoms with Crippen molar-refractivity contribution in [3.8, 4) is 0 Å². The van der Waals surface area contributed by atoms with Crippen LogP contribution in [0.5, 0.6) is 0 Å². The molecule has 0 heterocycles. The average Bonchev–Trinajstić information content (AvgIpc) is 2.22.